The molecule has 1 atom stereocenters. The van der Waals surface area contributed by atoms with Crippen LogP contribution in [0, 0.1) is 0 Å². The van der Waals surface area contributed by atoms with Gasteiger partial charge in [-0.15, -0.1) is 0 Å². The number of benzene rings is 1. The molecule has 1 aliphatic rings. The van der Waals surface area contributed by atoms with E-state index in [2.05, 4.69) is 5.32 Å². The molecule has 1 N–H and O–H groups in total. The van der Waals surface area contributed by atoms with Gasteiger partial charge in [0, 0.05) is 39.2 Å². The first-order valence-corrected chi connectivity index (χ1v) is 8.57. The summed E-state index contributed by atoms with van der Waals surface area (Å²) in [7, 11) is 1.59. The predicted octanol–water partition coefficient (Wildman–Crippen LogP) is 0.904. The number of nitrogens with zero attached hydrogens (tertiary/aromatic N) is 2. The Hall–Kier alpha value is -2.83. The van der Waals surface area contributed by atoms with Gasteiger partial charge >= 0.3 is 0 Å². The van der Waals surface area contributed by atoms with Crippen LogP contribution in [0.5, 0.6) is 5.75 Å². The number of amides is 3. The second kappa shape index (κ2) is 9.03. The molecule has 0 aromatic heterocycles. The lowest BCUT2D eigenvalue weighted by Crippen LogP contribution is -2.54. The molecule has 7 nitrogen and oxygen atoms in total. The molecule has 7 heteroatoms. The van der Waals surface area contributed by atoms with Gasteiger partial charge in [-0.3, -0.25) is 14.4 Å². The number of piperazine rings is 1. The monoisotopic (exact) mass is 359 g/mol. The molecule has 1 saturated heterocycles. The van der Waals surface area contributed by atoms with Gasteiger partial charge in [0.1, 0.15) is 11.8 Å². The third-order valence-corrected chi connectivity index (χ3v) is 4.31. The van der Waals surface area contributed by atoms with E-state index in [0.717, 1.165) is 11.3 Å². The van der Waals surface area contributed by atoms with Crippen molar-refractivity contribution in [2.24, 2.45) is 0 Å². The molecule has 1 aliphatic heterocycles. The van der Waals surface area contributed by atoms with Gasteiger partial charge in [0.2, 0.25) is 17.7 Å². The van der Waals surface area contributed by atoms with Crippen molar-refractivity contribution in [1.82, 2.24) is 15.1 Å². The van der Waals surface area contributed by atoms with Gasteiger partial charge in [0.15, 0.2) is 0 Å². The Kier molecular flexibility index (Phi) is 6.77. The van der Waals surface area contributed by atoms with Gasteiger partial charge in [-0.2, -0.15) is 0 Å². The van der Waals surface area contributed by atoms with Crippen LogP contribution in [-0.4, -0.2) is 66.9 Å². The minimum absolute atomic E-state index is 0.0159. The second-order valence-electron chi connectivity index (χ2n) is 6.17. The van der Waals surface area contributed by atoms with Crippen molar-refractivity contribution < 1.29 is 19.1 Å². The summed E-state index contributed by atoms with van der Waals surface area (Å²) in [5, 5.41) is 2.68. The molecule has 1 aromatic carbocycles. The number of carbonyl (C=O) groups excluding carboxylic acids is 3. The first-order valence-electron chi connectivity index (χ1n) is 8.57. The van der Waals surface area contributed by atoms with Crippen LogP contribution in [0.25, 0.3) is 6.08 Å². The van der Waals surface area contributed by atoms with E-state index < -0.39 is 6.04 Å². The normalized spacial score (nSPS) is 15.7. The van der Waals surface area contributed by atoms with Gasteiger partial charge in [0.25, 0.3) is 0 Å². The lowest BCUT2D eigenvalue weighted by atomic mass is 10.2. The molecule has 140 valence electrons. The highest BCUT2D eigenvalue weighted by Crippen LogP contribution is 2.12. The molecule has 1 aromatic rings. The van der Waals surface area contributed by atoms with Crippen molar-refractivity contribution in [3.05, 3.63) is 35.9 Å². The number of rotatable bonds is 5. The molecule has 26 heavy (non-hydrogen) atoms. The maximum Gasteiger partial charge on any atom is 0.244 e. The van der Waals surface area contributed by atoms with E-state index in [9.17, 15) is 14.4 Å². The van der Waals surface area contributed by atoms with Crippen LogP contribution in [0.15, 0.2) is 30.3 Å². The molecule has 0 spiro atoms. The first-order chi connectivity index (χ1) is 12.4. The summed E-state index contributed by atoms with van der Waals surface area (Å²) in [5.41, 5.74) is 0.861. The van der Waals surface area contributed by atoms with E-state index in [0.29, 0.717) is 26.2 Å². The third kappa shape index (κ3) is 5.34. The predicted molar refractivity (Wildman–Crippen MR) is 98.5 cm³/mol. The third-order valence-electron chi connectivity index (χ3n) is 4.31. The fourth-order valence-electron chi connectivity index (χ4n) is 2.73. The van der Waals surface area contributed by atoms with E-state index >= 15 is 0 Å². The highest BCUT2D eigenvalue weighted by atomic mass is 16.5. The zero-order valence-electron chi connectivity index (χ0n) is 15.4. The van der Waals surface area contributed by atoms with Gasteiger partial charge in [0.05, 0.1) is 7.11 Å². The SMILES string of the molecule is COc1ccc(/C=C/C(=O)NC(C)C(=O)N2CCN(C(C)=O)CC2)cc1. The van der Waals surface area contributed by atoms with Crippen molar-refractivity contribution in [1.29, 1.82) is 0 Å². The van der Waals surface area contributed by atoms with Crippen molar-refractivity contribution in [3.63, 3.8) is 0 Å². The maximum atomic E-state index is 12.4. The van der Waals surface area contributed by atoms with Crippen molar-refractivity contribution in [3.8, 4) is 5.75 Å². The van der Waals surface area contributed by atoms with Crippen LogP contribution in [0.1, 0.15) is 19.4 Å². The summed E-state index contributed by atoms with van der Waals surface area (Å²) >= 11 is 0. The Morgan fingerprint density at radius 2 is 1.65 bits per heavy atom. The molecule has 3 amide bonds. The number of carbonyl (C=O) groups is 3. The van der Waals surface area contributed by atoms with E-state index in [-0.39, 0.29) is 17.7 Å². The van der Waals surface area contributed by atoms with Crippen LogP contribution in [0.3, 0.4) is 0 Å². The molecular formula is C19H25N3O4. The van der Waals surface area contributed by atoms with Crippen LogP contribution >= 0.6 is 0 Å². The Labute approximate surface area is 153 Å². The first kappa shape index (κ1) is 19.5. The van der Waals surface area contributed by atoms with Crippen LogP contribution in [0.2, 0.25) is 0 Å². The smallest absolute Gasteiger partial charge is 0.244 e. The fourth-order valence-corrected chi connectivity index (χ4v) is 2.73. The Bertz CT molecular complexity index is 677. The molecular weight excluding hydrogens is 334 g/mol. The van der Waals surface area contributed by atoms with Gasteiger partial charge in [-0.05, 0) is 30.7 Å². The van der Waals surface area contributed by atoms with Gasteiger partial charge in [-0.1, -0.05) is 12.1 Å². The minimum Gasteiger partial charge on any atom is -0.497 e. The molecule has 1 heterocycles. The fraction of sp³-hybridized carbons (Fsp3) is 0.421. The average molecular weight is 359 g/mol. The van der Waals surface area contributed by atoms with E-state index in [1.807, 2.05) is 24.3 Å². The lowest BCUT2D eigenvalue weighted by molar-refractivity contribution is -0.140. The second-order valence-corrected chi connectivity index (χ2v) is 6.17. The zero-order valence-corrected chi connectivity index (χ0v) is 15.4. The number of ether oxygens (including phenoxy) is 1. The van der Waals surface area contributed by atoms with E-state index in [4.69, 9.17) is 4.74 Å². The maximum absolute atomic E-state index is 12.4. The Balaban J connectivity index is 1.83. The highest BCUT2D eigenvalue weighted by molar-refractivity contribution is 5.95. The Morgan fingerprint density at radius 3 is 2.19 bits per heavy atom. The summed E-state index contributed by atoms with van der Waals surface area (Å²) < 4.78 is 5.08. The van der Waals surface area contributed by atoms with Crippen molar-refractivity contribution in [2.45, 2.75) is 19.9 Å². The minimum atomic E-state index is -0.619. The summed E-state index contributed by atoms with van der Waals surface area (Å²) in [5.74, 6) is 0.293. The number of methoxy groups -OCH3 is 1. The molecule has 0 aliphatic carbocycles. The molecule has 0 radical (unpaired) electrons. The molecule has 0 saturated carbocycles. The van der Waals surface area contributed by atoms with E-state index in [1.54, 1.807) is 29.9 Å². The summed E-state index contributed by atoms with van der Waals surface area (Å²) in [6, 6.07) is 6.68. The van der Waals surface area contributed by atoms with Crippen molar-refractivity contribution in [2.75, 3.05) is 33.3 Å². The molecule has 1 fully saturated rings. The number of hydrogen-bond donors (Lipinski definition) is 1. The average Bonchev–Trinajstić information content (AvgIpc) is 2.66. The molecule has 2 rings (SSSR count). The van der Waals surface area contributed by atoms with Crippen LogP contribution in [-0.2, 0) is 14.4 Å². The quantitative estimate of drug-likeness (QED) is 0.793. The number of nitrogens with one attached hydrogen (secondary N) is 1. The topological polar surface area (TPSA) is 79.0 Å². The van der Waals surface area contributed by atoms with Crippen LogP contribution < -0.4 is 10.1 Å². The summed E-state index contributed by atoms with van der Waals surface area (Å²) in [6.45, 7) is 5.22. The van der Waals surface area contributed by atoms with Gasteiger partial charge in [-0.25, -0.2) is 0 Å². The summed E-state index contributed by atoms with van der Waals surface area (Å²) in [6.07, 6.45) is 3.08. The molecule has 0 bridgehead atoms. The largest absolute Gasteiger partial charge is 0.497 e. The standard InChI is InChI=1S/C19H25N3O4/c1-14(19(25)22-12-10-21(11-13-22)15(2)23)20-18(24)9-6-16-4-7-17(26-3)8-5-16/h4-9,14H,10-13H2,1-3H3,(H,20,24)/b9-6+. The lowest BCUT2D eigenvalue weighted by Gasteiger charge is -2.35. The van der Waals surface area contributed by atoms with Crippen LogP contribution in [0.4, 0.5) is 0 Å². The van der Waals surface area contributed by atoms with Gasteiger partial charge < -0.3 is 19.9 Å². The van der Waals surface area contributed by atoms with Crippen molar-refractivity contribution >= 4 is 23.8 Å². The molecule has 1 unspecified atom stereocenters. The Morgan fingerprint density at radius 1 is 1.08 bits per heavy atom. The highest BCUT2D eigenvalue weighted by Gasteiger charge is 2.26. The van der Waals surface area contributed by atoms with E-state index in [1.165, 1.54) is 13.0 Å². The zero-order chi connectivity index (χ0) is 19.1. The summed E-state index contributed by atoms with van der Waals surface area (Å²) in [4.78, 5) is 39.2. The number of hydrogen-bond acceptors (Lipinski definition) is 4.